The molecule has 0 N–H and O–H groups in total. The molecule has 3 rings (SSSR count). The minimum Gasteiger partial charge on any atom is -0.439 e. The van der Waals surface area contributed by atoms with E-state index in [1.807, 2.05) is 0 Å². The SMILES string of the molecule is CC1[C@@H](c2cc(C(F)(F)F)cc(C(F)(F)F)c2)OC(=O)N1Cc1cc(C(F)(F)F)ccc1C=O. The van der Waals surface area contributed by atoms with E-state index >= 15 is 0 Å². The van der Waals surface area contributed by atoms with E-state index in [1.165, 1.54) is 6.92 Å². The molecular weight excluding hydrogens is 485 g/mol. The number of hydrogen-bond donors (Lipinski definition) is 0. The standard InChI is InChI=1S/C21H14F9NO3/c1-10-17(12-4-15(20(25,26)27)7-16(5-12)21(28,29)30)34-18(33)31(10)8-13-6-14(19(22,23)24)3-2-11(13)9-32/h2-7,9-10,17H,8H2,1H3/t10?,17-/m0/s1. The number of amides is 1. The molecule has 1 unspecified atom stereocenters. The van der Waals surface area contributed by atoms with E-state index in [4.69, 9.17) is 4.74 Å². The number of cyclic esters (lactones) is 1. The summed E-state index contributed by atoms with van der Waals surface area (Å²) in [6.07, 6.45) is -17.5. The van der Waals surface area contributed by atoms with Gasteiger partial charge in [-0.05, 0) is 48.4 Å². The molecule has 2 atom stereocenters. The number of aldehydes is 1. The summed E-state index contributed by atoms with van der Waals surface area (Å²) < 4.78 is 123. The van der Waals surface area contributed by atoms with E-state index in [9.17, 15) is 49.1 Å². The van der Waals surface area contributed by atoms with Gasteiger partial charge in [-0.25, -0.2) is 4.79 Å². The van der Waals surface area contributed by atoms with Gasteiger partial charge in [0.25, 0.3) is 0 Å². The molecule has 1 saturated heterocycles. The van der Waals surface area contributed by atoms with Crippen LogP contribution >= 0.6 is 0 Å². The van der Waals surface area contributed by atoms with Crippen molar-refractivity contribution in [1.29, 1.82) is 0 Å². The van der Waals surface area contributed by atoms with Gasteiger partial charge in [-0.15, -0.1) is 0 Å². The number of carbonyl (C=O) groups is 2. The van der Waals surface area contributed by atoms with Gasteiger partial charge in [-0.1, -0.05) is 6.07 Å². The van der Waals surface area contributed by atoms with Crippen molar-refractivity contribution in [3.8, 4) is 0 Å². The van der Waals surface area contributed by atoms with Crippen molar-refractivity contribution >= 4 is 12.4 Å². The first-order valence-electron chi connectivity index (χ1n) is 9.44. The molecular formula is C21H14F9NO3. The summed E-state index contributed by atoms with van der Waals surface area (Å²) in [5.74, 6) is 0. The van der Waals surface area contributed by atoms with E-state index in [1.54, 1.807) is 0 Å². The lowest BCUT2D eigenvalue weighted by Crippen LogP contribution is -2.32. The number of ether oxygens (including phenoxy) is 1. The number of benzene rings is 2. The van der Waals surface area contributed by atoms with Gasteiger partial charge >= 0.3 is 24.6 Å². The molecule has 1 aliphatic rings. The van der Waals surface area contributed by atoms with Crippen molar-refractivity contribution in [3.63, 3.8) is 0 Å². The Bertz CT molecular complexity index is 1070. The number of nitrogens with zero attached hydrogens (tertiary/aromatic N) is 1. The number of alkyl halides is 9. The highest BCUT2D eigenvalue weighted by Gasteiger charge is 2.43. The Morgan fingerprint density at radius 3 is 1.85 bits per heavy atom. The number of hydrogen-bond acceptors (Lipinski definition) is 3. The smallest absolute Gasteiger partial charge is 0.416 e. The highest BCUT2D eigenvalue weighted by atomic mass is 19.4. The second kappa shape index (κ2) is 8.51. The van der Waals surface area contributed by atoms with Crippen LogP contribution in [0.1, 0.15) is 51.2 Å². The third-order valence-corrected chi connectivity index (χ3v) is 5.27. The summed E-state index contributed by atoms with van der Waals surface area (Å²) in [7, 11) is 0. The average Bonchev–Trinajstić information content (AvgIpc) is 2.99. The predicted molar refractivity (Wildman–Crippen MR) is 97.5 cm³/mol. The molecule has 1 heterocycles. The first kappa shape index (κ1) is 25.4. The highest BCUT2D eigenvalue weighted by Crippen LogP contribution is 2.41. The maximum absolute atomic E-state index is 13.2. The fourth-order valence-electron chi connectivity index (χ4n) is 3.52. The molecule has 1 fully saturated rings. The first-order valence-corrected chi connectivity index (χ1v) is 9.44. The minimum absolute atomic E-state index is 0.0816. The normalized spacial score (nSPS) is 19.4. The molecule has 0 saturated carbocycles. The zero-order valence-corrected chi connectivity index (χ0v) is 17.0. The monoisotopic (exact) mass is 499 g/mol. The molecule has 2 aromatic rings. The topological polar surface area (TPSA) is 46.6 Å². The van der Waals surface area contributed by atoms with E-state index in [0.29, 0.717) is 24.3 Å². The van der Waals surface area contributed by atoms with Gasteiger partial charge in [0.2, 0.25) is 0 Å². The van der Waals surface area contributed by atoms with Gasteiger partial charge in [-0.2, -0.15) is 39.5 Å². The van der Waals surface area contributed by atoms with Crippen LogP contribution in [0.4, 0.5) is 44.3 Å². The van der Waals surface area contributed by atoms with E-state index in [-0.39, 0.29) is 23.5 Å². The first-order chi connectivity index (χ1) is 15.5. The average molecular weight is 499 g/mol. The van der Waals surface area contributed by atoms with Crippen LogP contribution in [0.2, 0.25) is 0 Å². The van der Waals surface area contributed by atoms with Crippen molar-refractivity contribution < 1.29 is 53.8 Å². The molecule has 1 aliphatic heterocycles. The maximum atomic E-state index is 13.2. The van der Waals surface area contributed by atoms with Gasteiger partial charge in [0, 0.05) is 5.56 Å². The van der Waals surface area contributed by atoms with Crippen LogP contribution in [0.15, 0.2) is 36.4 Å². The second-order valence-corrected chi connectivity index (χ2v) is 7.54. The second-order valence-electron chi connectivity index (χ2n) is 7.54. The van der Waals surface area contributed by atoms with Gasteiger partial charge in [-0.3, -0.25) is 9.69 Å². The summed E-state index contributed by atoms with van der Waals surface area (Å²) in [6, 6.07) is 1.74. The van der Waals surface area contributed by atoms with Crippen molar-refractivity contribution in [1.82, 2.24) is 4.90 Å². The Labute approximate surface area is 185 Å². The van der Waals surface area contributed by atoms with Crippen LogP contribution in [0, 0.1) is 0 Å². The lowest BCUT2D eigenvalue weighted by atomic mass is 9.97. The van der Waals surface area contributed by atoms with Crippen LogP contribution in [0.5, 0.6) is 0 Å². The van der Waals surface area contributed by atoms with E-state index < -0.39 is 65.6 Å². The molecule has 0 radical (unpaired) electrons. The Kier molecular flexibility index (Phi) is 6.35. The largest absolute Gasteiger partial charge is 0.439 e. The highest BCUT2D eigenvalue weighted by molar-refractivity contribution is 5.78. The molecule has 1 amide bonds. The van der Waals surface area contributed by atoms with Crippen molar-refractivity contribution in [3.05, 3.63) is 69.8 Å². The fraction of sp³-hybridized carbons (Fsp3) is 0.333. The van der Waals surface area contributed by atoms with Crippen molar-refractivity contribution in [2.45, 2.75) is 44.1 Å². The Morgan fingerprint density at radius 2 is 1.38 bits per heavy atom. The third-order valence-electron chi connectivity index (χ3n) is 5.27. The van der Waals surface area contributed by atoms with E-state index in [0.717, 1.165) is 11.0 Å². The molecule has 184 valence electrons. The van der Waals surface area contributed by atoms with Gasteiger partial charge < -0.3 is 4.74 Å². The molecule has 34 heavy (non-hydrogen) atoms. The summed E-state index contributed by atoms with van der Waals surface area (Å²) in [5, 5.41) is 0. The van der Waals surface area contributed by atoms with Gasteiger partial charge in [0.05, 0.1) is 29.3 Å². The summed E-state index contributed by atoms with van der Waals surface area (Å²) in [6.45, 7) is 0.650. The Morgan fingerprint density at radius 1 is 0.853 bits per heavy atom. The maximum Gasteiger partial charge on any atom is 0.416 e. The molecule has 0 aromatic heterocycles. The van der Waals surface area contributed by atoms with Crippen LogP contribution in [0.25, 0.3) is 0 Å². The lowest BCUT2D eigenvalue weighted by molar-refractivity contribution is -0.143. The molecule has 2 aromatic carbocycles. The van der Waals surface area contributed by atoms with Gasteiger partial charge in [0.1, 0.15) is 12.4 Å². The molecule has 0 spiro atoms. The number of halogens is 9. The van der Waals surface area contributed by atoms with Crippen LogP contribution in [0.3, 0.4) is 0 Å². The van der Waals surface area contributed by atoms with Crippen molar-refractivity contribution in [2.24, 2.45) is 0 Å². The van der Waals surface area contributed by atoms with Crippen molar-refractivity contribution in [2.75, 3.05) is 0 Å². The number of rotatable bonds is 4. The molecule has 0 aliphatic carbocycles. The minimum atomic E-state index is -5.13. The zero-order chi connectivity index (χ0) is 25.6. The quantitative estimate of drug-likeness (QED) is 0.350. The Hall–Kier alpha value is -3.25. The Balaban J connectivity index is 1.99. The molecule has 4 nitrogen and oxygen atoms in total. The van der Waals surface area contributed by atoms with Gasteiger partial charge in [0.15, 0.2) is 0 Å². The van der Waals surface area contributed by atoms with Crippen LogP contribution in [-0.2, 0) is 29.8 Å². The summed E-state index contributed by atoms with van der Waals surface area (Å²) in [4.78, 5) is 24.4. The fourth-order valence-corrected chi connectivity index (χ4v) is 3.52. The van der Waals surface area contributed by atoms with Crippen LogP contribution in [-0.4, -0.2) is 23.3 Å². The van der Waals surface area contributed by atoms with Crippen LogP contribution < -0.4 is 0 Å². The molecule has 0 bridgehead atoms. The third kappa shape index (κ3) is 5.12. The molecule has 13 heteroatoms. The van der Waals surface area contributed by atoms with E-state index in [2.05, 4.69) is 0 Å². The number of carbonyl (C=O) groups excluding carboxylic acids is 2. The summed E-state index contributed by atoms with van der Waals surface area (Å²) in [5.41, 5.74) is -5.34. The summed E-state index contributed by atoms with van der Waals surface area (Å²) >= 11 is 0. The predicted octanol–water partition coefficient (Wildman–Crippen LogP) is 6.64. The lowest BCUT2D eigenvalue weighted by Gasteiger charge is -2.23. The zero-order valence-electron chi connectivity index (χ0n) is 17.0.